The summed E-state index contributed by atoms with van der Waals surface area (Å²) in [6.07, 6.45) is 3.03. The van der Waals surface area contributed by atoms with Crippen LogP contribution >= 0.6 is 7.75 Å². The minimum absolute atomic E-state index is 0.0639. The number of imidazole rings is 1. The zero-order valence-corrected chi connectivity index (χ0v) is 28.8. The van der Waals surface area contributed by atoms with Gasteiger partial charge in [-0.05, 0) is 51.7 Å². The number of aromatic nitrogens is 4. The molecule has 0 saturated carbocycles. The lowest BCUT2D eigenvalue weighted by Gasteiger charge is -2.25. The Hall–Kier alpha value is -3.91. The molecule has 5 N–H and O–H groups in total. The van der Waals surface area contributed by atoms with Crippen LogP contribution in [0.15, 0.2) is 36.7 Å². The highest BCUT2D eigenvalue weighted by molar-refractivity contribution is 7.52. The number of anilines is 1. The number of nitrogen functional groups attached to an aromatic ring is 1. The van der Waals surface area contributed by atoms with Gasteiger partial charge < -0.3 is 29.6 Å². The maximum atomic E-state index is 14.2. The minimum atomic E-state index is -4.29. The number of benzene rings is 1. The van der Waals surface area contributed by atoms with Crippen molar-refractivity contribution in [2.75, 3.05) is 25.6 Å². The molecule has 262 valence electrons. The van der Waals surface area contributed by atoms with Gasteiger partial charge in [0.1, 0.15) is 29.4 Å². The molecule has 1 aliphatic heterocycles. The van der Waals surface area contributed by atoms with Crippen molar-refractivity contribution in [2.45, 2.75) is 84.8 Å². The number of nitrogens with two attached hydrogens (primary N) is 1. The summed E-state index contributed by atoms with van der Waals surface area (Å²) in [7, 11) is -4.29. The molecule has 0 radical (unpaired) electrons. The summed E-state index contributed by atoms with van der Waals surface area (Å²) in [5.74, 6) is -0.0348. The lowest BCUT2D eigenvalue weighted by Crippen LogP contribution is -2.41. The molecule has 3 heterocycles. The van der Waals surface area contributed by atoms with Gasteiger partial charge in [-0.25, -0.2) is 9.55 Å². The number of fused-ring (bicyclic) bond motifs is 1. The first-order valence-corrected chi connectivity index (χ1v) is 17.6. The Morgan fingerprint density at radius 1 is 1.25 bits per heavy atom. The van der Waals surface area contributed by atoms with E-state index >= 15 is 0 Å². The number of rotatable bonds is 18. The smallest absolute Gasteiger partial charge is 0.459 e. The maximum absolute atomic E-state index is 14.2. The van der Waals surface area contributed by atoms with Crippen molar-refractivity contribution in [3.63, 3.8) is 0 Å². The van der Waals surface area contributed by atoms with E-state index in [4.69, 9.17) is 34.5 Å². The van der Waals surface area contributed by atoms with Crippen molar-refractivity contribution in [1.29, 1.82) is 5.53 Å². The standard InChI is InChI=1S/C31H46N8O8P/c1-6-12-21(13-7-2)16-44-28(41)20(4)38-48(42,47-22-14-10-9-11-15-22)45-17-23-25(40)31(5,18-35-33)29(46-23)39-19-34-24-26(39)36-30(32)37-27(24)43-8-3/h9-11,14-15,18-21,23,25,29,33,40H,6-8,12-13,16-17H2,1-5H3,(H,38,42)(H2,32,36,37)/q+1/t20-,23+,25+,29+,31+,48?/m0/s1. The van der Waals surface area contributed by atoms with Crippen molar-refractivity contribution in [1.82, 2.24) is 24.6 Å². The molecular weight excluding hydrogens is 643 g/mol. The van der Waals surface area contributed by atoms with Crippen LogP contribution in [0.1, 0.15) is 66.5 Å². The van der Waals surface area contributed by atoms with Crippen molar-refractivity contribution in [2.24, 2.45) is 11.3 Å². The van der Waals surface area contributed by atoms with Gasteiger partial charge in [-0.2, -0.15) is 15.1 Å². The Morgan fingerprint density at radius 3 is 2.60 bits per heavy atom. The molecule has 2 aromatic heterocycles. The van der Waals surface area contributed by atoms with Crippen LogP contribution in [0.25, 0.3) is 11.2 Å². The van der Waals surface area contributed by atoms with E-state index in [-0.39, 0.29) is 35.7 Å². The van der Waals surface area contributed by atoms with E-state index in [0.717, 1.165) is 25.7 Å². The van der Waals surface area contributed by atoms with Crippen LogP contribution in [0.2, 0.25) is 0 Å². The summed E-state index contributed by atoms with van der Waals surface area (Å²) in [6.45, 7) is 9.23. The summed E-state index contributed by atoms with van der Waals surface area (Å²) < 4.78 is 44.8. The molecule has 4 rings (SSSR count). The molecule has 1 aliphatic rings. The number of nitrogens with one attached hydrogen (secondary N) is 2. The third kappa shape index (κ3) is 8.56. The predicted octanol–water partition coefficient (Wildman–Crippen LogP) is 4.32. The molecule has 0 spiro atoms. The Bertz CT molecular complexity index is 1610. The average Bonchev–Trinajstić information content (AvgIpc) is 3.57. The number of carbonyl (C=O) groups excluding carboxylic acids is 1. The summed E-state index contributed by atoms with van der Waals surface area (Å²) in [5.41, 5.74) is 12.8. The van der Waals surface area contributed by atoms with Crippen LogP contribution < -0.4 is 20.1 Å². The lowest BCUT2D eigenvalue weighted by atomic mass is 9.83. The minimum Gasteiger partial charge on any atom is -0.476 e. The van der Waals surface area contributed by atoms with E-state index in [1.807, 2.05) is 0 Å². The van der Waals surface area contributed by atoms with Gasteiger partial charge in [0, 0.05) is 4.79 Å². The second-order valence-electron chi connectivity index (χ2n) is 11.9. The molecule has 17 heteroatoms. The van der Waals surface area contributed by atoms with Gasteiger partial charge in [-0.3, -0.25) is 13.9 Å². The first kappa shape index (κ1) is 36.9. The van der Waals surface area contributed by atoms with E-state index in [2.05, 4.69) is 38.7 Å². The molecular formula is C31H46N8O8P+. The van der Waals surface area contributed by atoms with E-state index in [0.29, 0.717) is 12.1 Å². The van der Waals surface area contributed by atoms with Crippen molar-refractivity contribution in [3.8, 4) is 11.6 Å². The fraction of sp³-hybridized carbons (Fsp3) is 0.581. The molecule has 1 saturated heterocycles. The number of hydrogen-bond acceptors (Lipinski definition) is 13. The second kappa shape index (κ2) is 16.5. The Labute approximate surface area is 279 Å². The number of aliphatic hydroxyl groups is 1. The average molecular weight is 690 g/mol. The highest BCUT2D eigenvalue weighted by Gasteiger charge is 2.58. The van der Waals surface area contributed by atoms with E-state index in [1.54, 1.807) is 44.2 Å². The Kier molecular flexibility index (Phi) is 12.7. The molecule has 1 fully saturated rings. The lowest BCUT2D eigenvalue weighted by molar-refractivity contribution is -0.146. The normalized spacial score (nSPS) is 22.6. The Balaban J connectivity index is 1.56. The zero-order chi connectivity index (χ0) is 34.9. The first-order valence-electron chi connectivity index (χ1n) is 16.1. The number of ether oxygens (including phenoxy) is 3. The van der Waals surface area contributed by atoms with E-state index < -0.39 is 50.2 Å². The Morgan fingerprint density at radius 2 is 1.96 bits per heavy atom. The fourth-order valence-electron chi connectivity index (χ4n) is 5.65. The SMILES string of the molecule is CCCC(CCC)COC(=O)[C@H](C)NP(=O)(OC[C@H]1O[C@@H](n2cnc3c(OCC)nc(N)nc32)[C@](C)(C=[N+]=N)[C@@H]1O)Oc1ccccc1. The van der Waals surface area contributed by atoms with Gasteiger partial charge >= 0.3 is 19.9 Å². The van der Waals surface area contributed by atoms with Gasteiger partial charge in [0.15, 0.2) is 17.4 Å². The van der Waals surface area contributed by atoms with Crippen LogP contribution in [-0.2, 0) is 23.4 Å². The number of carbonyl (C=O) groups is 1. The van der Waals surface area contributed by atoms with Crippen LogP contribution in [-0.4, -0.2) is 79.7 Å². The summed E-state index contributed by atoms with van der Waals surface area (Å²) in [5, 5.41) is 14.2. The molecule has 0 amide bonds. The molecule has 0 bridgehead atoms. The summed E-state index contributed by atoms with van der Waals surface area (Å²) in [6, 6.07) is 7.28. The highest BCUT2D eigenvalue weighted by atomic mass is 31.2. The molecule has 1 aromatic carbocycles. The van der Waals surface area contributed by atoms with Crippen LogP contribution in [0.5, 0.6) is 11.6 Å². The topological polar surface area (TPSA) is 220 Å². The van der Waals surface area contributed by atoms with Gasteiger partial charge in [0.05, 0.1) is 31.7 Å². The van der Waals surface area contributed by atoms with Crippen molar-refractivity contribution in [3.05, 3.63) is 36.7 Å². The van der Waals surface area contributed by atoms with Gasteiger partial charge in [-0.15, -0.1) is 0 Å². The number of esters is 1. The third-order valence-electron chi connectivity index (χ3n) is 8.05. The van der Waals surface area contributed by atoms with Gasteiger partial charge in [0.2, 0.25) is 11.8 Å². The van der Waals surface area contributed by atoms with E-state index in [1.165, 1.54) is 24.0 Å². The first-order chi connectivity index (χ1) is 23.0. The summed E-state index contributed by atoms with van der Waals surface area (Å²) in [4.78, 5) is 29.2. The number of hydrogen-bond donors (Lipinski definition) is 4. The number of para-hydroxylation sites is 1. The quantitative estimate of drug-likeness (QED) is 0.0481. The third-order valence-corrected chi connectivity index (χ3v) is 9.69. The van der Waals surface area contributed by atoms with Crippen molar-refractivity contribution >= 4 is 37.0 Å². The van der Waals surface area contributed by atoms with E-state index in [9.17, 15) is 14.5 Å². The highest BCUT2D eigenvalue weighted by Crippen LogP contribution is 2.49. The van der Waals surface area contributed by atoms with Gasteiger partial charge in [-0.1, -0.05) is 44.9 Å². The van der Waals surface area contributed by atoms with Crippen molar-refractivity contribution < 1.29 is 42.5 Å². The summed E-state index contributed by atoms with van der Waals surface area (Å²) >= 11 is 0. The zero-order valence-electron chi connectivity index (χ0n) is 27.9. The molecule has 16 nitrogen and oxygen atoms in total. The molecule has 3 aromatic rings. The predicted molar refractivity (Wildman–Crippen MR) is 175 cm³/mol. The van der Waals surface area contributed by atoms with Crippen LogP contribution in [0.4, 0.5) is 5.95 Å². The molecule has 1 unspecified atom stereocenters. The monoisotopic (exact) mass is 689 g/mol. The van der Waals surface area contributed by atoms with Crippen LogP contribution in [0, 0.1) is 16.9 Å². The second-order valence-corrected chi connectivity index (χ2v) is 13.6. The number of nitrogens with zero attached hydrogens (tertiary/aromatic N) is 5. The number of aliphatic hydroxyl groups excluding tert-OH is 1. The largest absolute Gasteiger partial charge is 0.476 e. The van der Waals surface area contributed by atoms with Gasteiger partial charge in [0.25, 0.3) is 0 Å². The molecule has 0 aliphatic carbocycles. The maximum Gasteiger partial charge on any atom is 0.459 e. The fourth-order valence-corrected chi connectivity index (χ4v) is 7.15. The van der Waals surface area contributed by atoms with Crippen LogP contribution in [0.3, 0.4) is 0 Å². The molecule has 48 heavy (non-hydrogen) atoms. The molecule has 6 atom stereocenters.